The van der Waals surface area contributed by atoms with Gasteiger partial charge in [0.05, 0.1) is 17.7 Å². The van der Waals surface area contributed by atoms with Crippen LogP contribution >= 0.6 is 11.6 Å². The molecule has 1 aliphatic rings. The van der Waals surface area contributed by atoms with E-state index in [2.05, 4.69) is 10.0 Å². The molecule has 2 N–H and O–H groups in total. The minimum Gasteiger partial charge on any atom is -0.495 e. The number of benzene rings is 2. The highest BCUT2D eigenvalue weighted by atomic mass is 35.5. The van der Waals surface area contributed by atoms with Gasteiger partial charge < -0.3 is 15.0 Å². The van der Waals surface area contributed by atoms with Gasteiger partial charge in [0.15, 0.2) is 0 Å². The Morgan fingerprint density at radius 1 is 1.18 bits per heavy atom. The summed E-state index contributed by atoms with van der Waals surface area (Å²) in [4.78, 5) is 26.8. The average molecular weight is 494 g/mol. The van der Waals surface area contributed by atoms with Crippen LogP contribution in [0.3, 0.4) is 0 Å². The maximum absolute atomic E-state index is 13.1. The summed E-state index contributed by atoms with van der Waals surface area (Å²) in [6.45, 7) is 5.81. The predicted octanol–water partition coefficient (Wildman–Crippen LogP) is 3.59. The standard InChI is InChI=1S/C23H28ClN3O5S/c1-5-21(28)27-11-10-15-12-17(7-8-19(15)27)33(30,31)26-22(14(2)3)23(29)25-18-13-16(24)6-9-20(18)32-4/h6-9,12-14,22,26H,5,10-11H2,1-4H3,(H,25,29). The van der Waals surface area contributed by atoms with E-state index in [1.807, 2.05) is 0 Å². The summed E-state index contributed by atoms with van der Waals surface area (Å²) in [6.07, 6.45) is 0.955. The summed E-state index contributed by atoms with van der Waals surface area (Å²) >= 11 is 6.03. The number of fused-ring (bicyclic) bond motifs is 1. The lowest BCUT2D eigenvalue weighted by Gasteiger charge is -2.22. The number of amides is 2. The number of carbonyl (C=O) groups excluding carboxylic acids is 2. The van der Waals surface area contributed by atoms with Crippen molar-refractivity contribution in [3.05, 3.63) is 47.0 Å². The van der Waals surface area contributed by atoms with Crippen molar-refractivity contribution in [1.29, 1.82) is 0 Å². The molecule has 33 heavy (non-hydrogen) atoms. The normalized spacial score (nSPS) is 14.2. The van der Waals surface area contributed by atoms with Gasteiger partial charge in [0.25, 0.3) is 0 Å². The van der Waals surface area contributed by atoms with Crippen LogP contribution in [0.2, 0.25) is 5.02 Å². The fourth-order valence-electron chi connectivity index (χ4n) is 3.71. The summed E-state index contributed by atoms with van der Waals surface area (Å²) in [5.74, 6) is -0.467. The summed E-state index contributed by atoms with van der Waals surface area (Å²) in [6, 6.07) is 8.41. The predicted molar refractivity (Wildman–Crippen MR) is 128 cm³/mol. The van der Waals surface area contributed by atoms with E-state index in [1.165, 1.54) is 19.2 Å². The first-order valence-corrected chi connectivity index (χ1v) is 12.5. The van der Waals surface area contributed by atoms with Gasteiger partial charge in [-0.15, -0.1) is 0 Å². The molecule has 0 radical (unpaired) electrons. The van der Waals surface area contributed by atoms with Crippen molar-refractivity contribution >= 4 is 44.8 Å². The fourth-order valence-corrected chi connectivity index (χ4v) is 5.28. The lowest BCUT2D eigenvalue weighted by Crippen LogP contribution is -2.47. The zero-order valence-electron chi connectivity index (χ0n) is 19.0. The smallest absolute Gasteiger partial charge is 0.242 e. The first kappa shape index (κ1) is 25.0. The second kappa shape index (κ2) is 10.1. The van der Waals surface area contributed by atoms with Crippen LogP contribution in [0.1, 0.15) is 32.8 Å². The maximum Gasteiger partial charge on any atom is 0.242 e. The molecule has 0 saturated heterocycles. The molecule has 178 valence electrons. The molecule has 0 saturated carbocycles. The number of nitrogens with one attached hydrogen (secondary N) is 2. The highest BCUT2D eigenvalue weighted by Crippen LogP contribution is 2.31. The number of hydrogen-bond acceptors (Lipinski definition) is 5. The topological polar surface area (TPSA) is 105 Å². The summed E-state index contributed by atoms with van der Waals surface area (Å²) < 4.78 is 34.0. The Morgan fingerprint density at radius 3 is 2.55 bits per heavy atom. The zero-order valence-corrected chi connectivity index (χ0v) is 20.6. The molecular formula is C23H28ClN3O5S. The third kappa shape index (κ3) is 5.48. The van der Waals surface area contributed by atoms with E-state index in [9.17, 15) is 18.0 Å². The second-order valence-electron chi connectivity index (χ2n) is 8.12. The van der Waals surface area contributed by atoms with Gasteiger partial charge in [-0.25, -0.2) is 8.42 Å². The van der Waals surface area contributed by atoms with Crippen LogP contribution < -0.4 is 19.7 Å². The third-order valence-corrected chi connectivity index (χ3v) is 7.18. The molecule has 0 aromatic heterocycles. The Bertz CT molecular complexity index is 1170. The van der Waals surface area contributed by atoms with Gasteiger partial charge in [-0.2, -0.15) is 4.72 Å². The van der Waals surface area contributed by atoms with E-state index < -0.39 is 22.0 Å². The Kier molecular flexibility index (Phi) is 7.66. The van der Waals surface area contributed by atoms with E-state index in [1.54, 1.807) is 49.9 Å². The average Bonchev–Trinajstić information content (AvgIpc) is 3.20. The minimum atomic E-state index is -4.00. The molecule has 0 spiro atoms. The Balaban J connectivity index is 1.83. The van der Waals surface area contributed by atoms with Crippen LogP contribution in [0.15, 0.2) is 41.3 Å². The first-order chi connectivity index (χ1) is 15.6. The van der Waals surface area contributed by atoms with Crippen LogP contribution in [0.25, 0.3) is 0 Å². The van der Waals surface area contributed by atoms with E-state index >= 15 is 0 Å². The Morgan fingerprint density at radius 2 is 1.91 bits per heavy atom. The number of hydrogen-bond donors (Lipinski definition) is 2. The molecule has 1 heterocycles. The van der Waals surface area contributed by atoms with Gasteiger partial charge in [0.1, 0.15) is 11.8 Å². The largest absolute Gasteiger partial charge is 0.495 e. The van der Waals surface area contributed by atoms with Crippen molar-refractivity contribution < 1.29 is 22.7 Å². The summed E-state index contributed by atoms with van der Waals surface area (Å²) in [5, 5.41) is 3.11. The minimum absolute atomic E-state index is 0.00420. The molecule has 8 nitrogen and oxygen atoms in total. The highest BCUT2D eigenvalue weighted by molar-refractivity contribution is 7.89. The molecule has 2 aromatic rings. The van der Waals surface area contributed by atoms with Crippen LogP contribution in [0.4, 0.5) is 11.4 Å². The van der Waals surface area contributed by atoms with E-state index in [-0.39, 0.29) is 16.7 Å². The number of methoxy groups -OCH3 is 1. The van der Waals surface area contributed by atoms with Gasteiger partial charge >= 0.3 is 0 Å². The van der Waals surface area contributed by atoms with Gasteiger partial charge in [0.2, 0.25) is 21.8 Å². The number of ether oxygens (including phenoxy) is 1. The molecule has 10 heteroatoms. The van der Waals surface area contributed by atoms with Gasteiger partial charge in [0, 0.05) is 23.7 Å². The zero-order chi connectivity index (χ0) is 24.3. The third-order valence-electron chi connectivity index (χ3n) is 5.51. The van der Waals surface area contributed by atoms with Crippen molar-refractivity contribution in [1.82, 2.24) is 4.72 Å². The molecule has 1 aliphatic heterocycles. The Labute approximate surface area is 199 Å². The van der Waals surface area contributed by atoms with Crippen molar-refractivity contribution in [2.45, 2.75) is 44.6 Å². The fraction of sp³-hybridized carbons (Fsp3) is 0.391. The van der Waals surface area contributed by atoms with Gasteiger partial charge in [-0.3, -0.25) is 9.59 Å². The summed E-state index contributed by atoms with van der Waals surface area (Å²) in [7, 11) is -2.54. The monoisotopic (exact) mass is 493 g/mol. The summed E-state index contributed by atoms with van der Waals surface area (Å²) in [5.41, 5.74) is 1.86. The second-order valence-corrected chi connectivity index (χ2v) is 10.3. The Hall–Kier alpha value is -2.62. The number of sulfonamides is 1. The molecule has 0 fully saturated rings. The van der Waals surface area contributed by atoms with E-state index in [0.717, 1.165) is 11.3 Å². The number of carbonyl (C=O) groups is 2. The van der Waals surface area contributed by atoms with Gasteiger partial charge in [-0.05, 0) is 54.3 Å². The maximum atomic E-state index is 13.1. The first-order valence-electron chi connectivity index (χ1n) is 10.7. The molecule has 2 aromatic carbocycles. The van der Waals surface area contributed by atoms with Gasteiger partial charge in [-0.1, -0.05) is 32.4 Å². The van der Waals surface area contributed by atoms with Crippen molar-refractivity contribution in [3.8, 4) is 5.75 Å². The molecule has 3 rings (SSSR count). The van der Waals surface area contributed by atoms with Crippen molar-refractivity contribution in [2.75, 3.05) is 23.9 Å². The van der Waals surface area contributed by atoms with E-state index in [4.69, 9.17) is 16.3 Å². The van der Waals surface area contributed by atoms with Crippen molar-refractivity contribution in [3.63, 3.8) is 0 Å². The number of nitrogens with zero attached hydrogens (tertiary/aromatic N) is 1. The van der Waals surface area contributed by atoms with Crippen LogP contribution in [0, 0.1) is 5.92 Å². The number of halogens is 1. The molecule has 2 amide bonds. The number of anilines is 2. The number of rotatable bonds is 8. The molecule has 0 aliphatic carbocycles. The molecule has 0 bridgehead atoms. The quantitative estimate of drug-likeness (QED) is 0.584. The van der Waals surface area contributed by atoms with Crippen molar-refractivity contribution in [2.24, 2.45) is 5.92 Å². The molecule has 1 unspecified atom stereocenters. The molecular weight excluding hydrogens is 466 g/mol. The van der Waals surface area contributed by atoms with Crippen LogP contribution in [-0.2, 0) is 26.0 Å². The lowest BCUT2D eigenvalue weighted by molar-refractivity contribution is -0.119. The van der Waals surface area contributed by atoms with Crippen LogP contribution in [0.5, 0.6) is 5.75 Å². The van der Waals surface area contributed by atoms with Crippen LogP contribution in [-0.4, -0.2) is 39.9 Å². The SMILES string of the molecule is CCC(=O)N1CCc2cc(S(=O)(=O)NC(C(=O)Nc3cc(Cl)ccc3OC)C(C)C)ccc21. The highest BCUT2D eigenvalue weighted by Gasteiger charge is 2.31. The molecule has 1 atom stereocenters. The van der Waals surface area contributed by atoms with E-state index in [0.29, 0.717) is 35.8 Å². The lowest BCUT2D eigenvalue weighted by atomic mass is 10.0.